The normalized spacial score (nSPS) is 13.5. The lowest BCUT2D eigenvalue weighted by molar-refractivity contribution is -0.140. The second-order valence-electron chi connectivity index (χ2n) is 8.42. The van der Waals surface area contributed by atoms with Gasteiger partial charge in [-0.15, -0.1) is 0 Å². The predicted octanol–water partition coefficient (Wildman–Crippen LogP) is 3.68. The predicted molar refractivity (Wildman–Crippen MR) is 115 cm³/mol. The molecular weight excluding hydrogens is 420 g/mol. The van der Waals surface area contributed by atoms with E-state index in [1.54, 1.807) is 39.1 Å². The molecule has 0 spiro atoms. The van der Waals surface area contributed by atoms with Gasteiger partial charge in [0.25, 0.3) is 0 Å². The molecule has 1 N–H and O–H groups in total. The van der Waals surface area contributed by atoms with Gasteiger partial charge < -0.3 is 4.74 Å². The van der Waals surface area contributed by atoms with Gasteiger partial charge in [0.15, 0.2) is 0 Å². The first-order valence-corrected chi connectivity index (χ1v) is 10.3. The van der Waals surface area contributed by atoms with Crippen molar-refractivity contribution in [3.63, 3.8) is 0 Å². The number of ketones is 1. The fourth-order valence-corrected chi connectivity index (χ4v) is 3.07. The number of nitrogens with zero attached hydrogens (tertiary/aromatic N) is 3. The number of aromatic nitrogens is 2. The highest BCUT2D eigenvalue weighted by molar-refractivity contribution is 6.37. The highest BCUT2D eigenvalue weighted by atomic mass is 35.5. The van der Waals surface area contributed by atoms with E-state index < -0.39 is 23.4 Å². The van der Waals surface area contributed by atoms with Gasteiger partial charge in [-0.1, -0.05) is 29.8 Å². The molecule has 0 unspecified atom stereocenters. The van der Waals surface area contributed by atoms with Crippen LogP contribution in [-0.4, -0.2) is 45.4 Å². The molecule has 1 aromatic carbocycles. The van der Waals surface area contributed by atoms with Crippen LogP contribution in [0.3, 0.4) is 0 Å². The van der Waals surface area contributed by atoms with Crippen molar-refractivity contribution >= 4 is 29.4 Å². The zero-order chi connectivity index (χ0) is 22.8. The van der Waals surface area contributed by atoms with Gasteiger partial charge in [-0.25, -0.2) is 19.8 Å². The van der Waals surface area contributed by atoms with Crippen molar-refractivity contribution in [2.45, 2.75) is 51.6 Å². The summed E-state index contributed by atoms with van der Waals surface area (Å²) in [5.41, 5.74) is 3.21. The molecule has 2 aromatic rings. The summed E-state index contributed by atoms with van der Waals surface area (Å²) in [6, 6.07) is 7.17. The molecule has 0 aliphatic heterocycles. The van der Waals surface area contributed by atoms with E-state index >= 15 is 0 Å². The quantitative estimate of drug-likeness (QED) is 0.557. The first kappa shape index (κ1) is 22.7. The Kier molecular flexibility index (Phi) is 6.59. The third-order valence-electron chi connectivity index (χ3n) is 4.51. The lowest BCUT2D eigenvalue weighted by Gasteiger charge is -2.24. The molecule has 1 saturated carbocycles. The van der Waals surface area contributed by atoms with Crippen LogP contribution in [-0.2, 0) is 20.7 Å². The van der Waals surface area contributed by atoms with E-state index in [0.717, 1.165) is 17.9 Å². The second kappa shape index (κ2) is 9.01. The standard InChI is InChI=1S/C22H25ClN4O4/c1-22(2,3)31-21(30)27(4)26-20(29)18(28)11-17-15(14-7-5-6-8-16(14)23)12-24-19(25-17)13-9-10-13/h5-8,12-13H,9-11H2,1-4H3,(H,26,29). The minimum Gasteiger partial charge on any atom is -0.442 e. The summed E-state index contributed by atoms with van der Waals surface area (Å²) in [5.74, 6) is -0.750. The number of carbonyl (C=O) groups is 3. The van der Waals surface area contributed by atoms with Gasteiger partial charge in [-0.3, -0.25) is 15.0 Å². The maximum Gasteiger partial charge on any atom is 0.428 e. The highest BCUT2D eigenvalue weighted by Crippen LogP contribution is 2.39. The number of hydrogen-bond donors (Lipinski definition) is 1. The Bertz CT molecular complexity index is 1010. The highest BCUT2D eigenvalue weighted by Gasteiger charge is 2.29. The zero-order valence-electron chi connectivity index (χ0n) is 17.9. The van der Waals surface area contributed by atoms with Crippen LogP contribution in [0.4, 0.5) is 4.79 Å². The molecule has 8 nitrogen and oxygen atoms in total. The third-order valence-corrected chi connectivity index (χ3v) is 4.84. The van der Waals surface area contributed by atoms with E-state index in [-0.39, 0.29) is 12.3 Å². The number of carbonyl (C=O) groups excluding carboxylic acids is 3. The fourth-order valence-electron chi connectivity index (χ4n) is 2.83. The second-order valence-corrected chi connectivity index (χ2v) is 8.83. The van der Waals surface area contributed by atoms with Gasteiger partial charge in [0.05, 0.1) is 12.1 Å². The van der Waals surface area contributed by atoms with E-state index in [1.165, 1.54) is 7.05 Å². The van der Waals surface area contributed by atoms with Gasteiger partial charge >= 0.3 is 12.0 Å². The van der Waals surface area contributed by atoms with Crippen LogP contribution in [0.1, 0.15) is 51.0 Å². The van der Waals surface area contributed by atoms with Crippen LogP contribution in [0, 0.1) is 0 Å². The van der Waals surface area contributed by atoms with Crippen molar-refractivity contribution in [1.29, 1.82) is 0 Å². The number of hydrazine groups is 1. The minimum atomic E-state index is -0.940. The summed E-state index contributed by atoms with van der Waals surface area (Å²) in [6.45, 7) is 5.11. The maximum atomic E-state index is 12.6. The van der Waals surface area contributed by atoms with Crippen molar-refractivity contribution in [3.8, 4) is 11.1 Å². The number of ether oxygens (including phenoxy) is 1. The Hall–Kier alpha value is -3.00. The molecular formula is C22H25ClN4O4. The van der Waals surface area contributed by atoms with E-state index in [0.29, 0.717) is 27.7 Å². The van der Waals surface area contributed by atoms with E-state index in [9.17, 15) is 14.4 Å². The lowest BCUT2D eigenvalue weighted by Crippen LogP contribution is -2.48. The summed E-state index contributed by atoms with van der Waals surface area (Å²) in [4.78, 5) is 46.0. The molecule has 9 heteroatoms. The van der Waals surface area contributed by atoms with E-state index in [2.05, 4.69) is 15.4 Å². The average Bonchev–Trinajstić information content (AvgIpc) is 3.52. The SMILES string of the molecule is CN(NC(=O)C(=O)Cc1nc(C2CC2)ncc1-c1ccccc1Cl)C(=O)OC(C)(C)C. The molecule has 2 amide bonds. The van der Waals surface area contributed by atoms with Gasteiger partial charge in [0.1, 0.15) is 11.4 Å². The van der Waals surface area contributed by atoms with Crippen molar-refractivity contribution < 1.29 is 19.1 Å². The Morgan fingerprint density at radius 2 is 1.87 bits per heavy atom. The van der Waals surface area contributed by atoms with Crippen LogP contribution in [0.25, 0.3) is 11.1 Å². The van der Waals surface area contributed by atoms with Crippen LogP contribution in [0.5, 0.6) is 0 Å². The molecule has 0 radical (unpaired) electrons. The first-order chi connectivity index (χ1) is 14.5. The number of benzene rings is 1. The van der Waals surface area contributed by atoms with Crippen LogP contribution >= 0.6 is 11.6 Å². The average molecular weight is 445 g/mol. The number of halogens is 1. The van der Waals surface area contributed by atoms with Gasteiger partial charge in [0, 0.05) is 35.3 Å². The summed E-state index contributed by atoms with van der Waals surface area (Å²) in [6.07, 6.45) is 2.62. The molecule has 1 heterocycles. The fraction of sp³-hybridized carbons (Fsp3) is 0.409. The largest absolute Gasteiger partial charge is 0.442 e. The Morgan fingerprint density at radius 1 is 1.19 bits per heavy atom. The molecule has 31 heavy (non-hydrogen) atoms. The number of rotatable bonds is 5. The van der Waals surface area contributed by atoms with E-state index in [4.69, 9.17) is 16.3 Å². The molecule has 1 aliphatic carbocycles. The number of Topliss-reactive ketones (excluding diaryl/α,β-unsaturated/α-hetero) is 1. The van der Waals surface area contributed by atoms with Crippen LogP contribution in [0.15, 0.2) is 30.5 Å². The smallest absolute Gasteiger partial charge is 0.428 e. The molecule has 1 aromatic heterocycles. The summed E-state index contributed by atoms with van der Waals surface area (Å²) in [5, 5.41) is 1.34. The van der Waals surface area contributed by atoms with E-state index in [1.807, 2.05) is 12.1 Å². The van der Waals surface area contributed by atoms with Gasteiger partial charge in [0.2, 0.25) is 5.78 Å². The molecule has 0 bridgehead atoms. The van der Waals surface area contributed by atoms with Crippen molar-refractivity contribution in [1.82, 2.24) is 20.4 Å². The Balaban J connectivity index is 1.78. The Labute approximate surface area is 185 Å². The molecule has 1 aliphatic rings. The number of amides is 2. The first-order valence-electron chi connectivity index (χ1n) is 9.96. The molecule has 1 fully saturated rings. The minimum absolute atomic E-state index is 0.253. The molecule has 0 atom stereocenters. The topological polar surface area (TPSA) is 101 Å². The van der Waals surface area contributed by atoms with Crippen molar-refractivity contribution in [2.24, 2.45) is 0 Å². The summed E-state index contributed by atoms with van der Waals surface area (Å²) >= 11 is 6.32. The lowest BCUT2D eigenvalue weighted by atomic mass is 10.0. The summed E-state index contributed by atoms with van der Waals surface area (Å²) in [7, 11) is 1.31. The third kappa shape index (κ3) is 6.01. The van der Waals surface area contributed by atoms with Gasteiger partial charge in [-0.05, 0) is 39.7 Å². The van der Waals surface area contributed by atoms with Crippen LogP contribution < -0.4 is 5.43 Å². The van der Waals surface area contributed by atoms with Gasteiger partial charge in [-0.2, -0.15) is 0 Å². The molecule has 164 valence electrons. The molecule has 0 saturated heterocycles. The maximum absolute atomic E-state index is 12.6. The Morgan fingerprint density at radius 3 is 2.48 bits per heavy atom. The van der Waals surface area contributed by atoms with Crippen molar-refractivity contribution in [2.75, 3.05) is 7.05 Å². The van der Waals surface area contributed by atoms with Crippen LogP contribution in [0.2, 0.25) is 5.02 Å². The zero-order valence-corrected chi connectivity index (χ0v) is 18.7. The monoisotopic (exact) mass is 444 g/mol. The number of hydrogen-bond acceptors (Lipinski definition) is 6. The summed E-state index contributed by atoms with van der Waals surface area (Å²) < 4.78 is 5.16. The van der Waals surface area contributed by atoms with Crippen molar-refractivity contribution in [3.05, 3.63) is 47.0 Å². The number of nitrogens with one attached hydrogen (secondary N) is 1. The molecule has 3 rings (SSSR count).